The average molecular weight is 224 g/mol. The summed E-state index contributed by atoms with van der Waals surface area (Å²) in [7, 11) is 0. The van der Waals surface area contributed by atoms with Crippen LogP contribution < -0.4 is 0 Å². The molecule has 0 atom stereocenters. The minimum atomic E-state index is 0. The molecule has 0 radical (unpaired) electrons. The molecule has 0 unspecified atom stereocenters. The van der Waals surface area contributed by atoms with Crippen LogP contribution in [-0.4, -0.2) is 0 Å². The summed E-state index contributed by atoms with van der Waals surface area (Å²) in [5.41, 5.74) is 0. The molecule has 2 heteroatoms. The quantitative estimate of drug-likeness (QED) is 0.544. The number of rotatable bonds is 0. The SMILES string of the molecule is [CH2-]C#N.[W]. The van der Waals surface area contributed by atoms with Crippen molar-refractivity contribution in [3.63, 3.8) is 0 Å². The Bertz CT molecular complexity index is 27.5. The summed E-state index contributed by atoms with van der Waals surface area (Å²) < 4.78 is 0. The summed E-state index contributed by atoms with van der Waals surface area (Å²) in [5, 5.41) is 7.21. The maximum atomic E-state index is 7.21. The Morgan fingerprint density at radius 2 is 1.75 bits per heavy atom. The van der Waals surface area contributed by atoms with Crippen LogP contribution in [0.25, 0.3) is 0 Å². The normalized spacial score (nSPS) is 1.75. The molecule has 0 spiro atoms. The van der Waals surface area contributed by atoms with Crippen LogP contribution in [-0.2, 0) is 21.1 Å². The summed E-state index contributed by atoms with van der Waals surface area (Å²) in [4.78, 5) is 0. The van der Waals surface area contributed by atoms with E-state index in [0.717, 1.165) is 0 Å². The van der Waals surface area contributed by atoms with Gasteiger partial charge in [-0.2, -0.15) is 0 Å². The van der Waals surface area contributed by atoms with Gasteiger partial charge in [0.15, 0.2) is 0 Å². The Hall–Kier alpha value is 0.0483. The van der Waals surface area contributed by atoms with Crippen molar-refractivity contribution in [3.05, 3.63) is 6.92 Å². The van der Waals surface area contributed by atoms with Crippen molar-refractivity contribution >= 4 is 0 Å². The summed E-state index contributed by atoms with van der Waals surface area (Å²) in [6.07, 6.45) is 0. The second-order valence-corrected chi connectivity index (χ2v) is 0.158. The van der Waals surface area contributed by atoms with Gasteiger partial charge in [0.05, 0.1) is 0 Å². The molecule has 0 rings (SSSR count). The second kappa shape index (κ2) is 11.6. The van der Waals surface area contributed by atoms with Crippen LogP contribution in [0, 0.1) is 18.3 Å². The molecule has 0 amide bonds. The predicted molar refractivity (Wildman–Crippen MR) is 11.0 cm³/mol. The fourth-order valence-electron chi connectivity index (χ4n) is 0. The van der Waals surface area contributed by atoms with Gasteiger partial charge in [-0.15, -0.1) is 6.07 Å². The topological polar surface area (TPSA) is 23.8 Å². The van der Waals surface area contributed by atoms with Gasteiger partial charge in [-0.25, -0.2) is 5.26 Å². The van der Waals surface area contributed by atoms with E-state index in [1.807, 2.05) is 0 Å². The molecule has 1 nitrogen and oxygen atoms in total. The maximum Gasteiger partial charge on any atom is 0 e. The Kier molecular flexibility index (Phi) is 26.1. The van der Waals surface area contributed by atoms with E-state index in [1.165, 1.54) is 6.07 Å². The molecule has 0 aromatic heterocycles. The molecule has 0 aromatic carbocycles. The van der Waals surface area contributed by atoms with Crippen LogP contribution in [0.3, 0.4) is 0 Å². The summed E-state index contributed by atoms with van der Waals surface area (Å²) in [6.45, 7) is 2.79. The third-order valence-corrected chi connectivity index (χ3v) is 0. The molecule has 0 heterocycles. The van der Waals surface area contributed by atoms with Crippen molar-refractivity contribution in [1.29, 1.82) is 5.26 Å². The molecule has 0 bridgehead atoms. The molecule has 0 aliphatic carbocycles. The van der Waals surface area contributed by atoms with Gasteiger partial charge >= 0.3 is 0 Å². The Morgan fingerprint density at radius 1 is 1.75 bits per heavy atom. The van der Waals surface area contributed by atoms with Crippen LogP contribution in [0.1, 0.15) is 0 Å². The van der Waals surface area contributed by atoms with E-state index in [-0.39, 0.29) is 21.1 Å². The van der Waals surface area contributed by atoms with Gasteiger partial charge in [-0.05, 0) is 0 Å². The van der Waals surface area contributed by atoms with Crippen molar-refractivity contribution in [2.45, 2.75) is 0 Å². The monoisotopic (exact) mass is 224 g/mol. The van der Waals surface area contributed by atoms with E-state index < -0.39 is 0 Å². The van der Waals surface area contributed by atoms with Crippen LogP contribution in [0.2, 0.25) is 0 Å². The van der Waals surface area contributed by atoms with E-state index in [0.29, 0.717) is 0 Å². The van der Waals surface area contributed by atoms with Crippen LogP contribution in [0.15, 0.2) is 0 Å². The molecule has 22 valence electrons. The van der Waals surface area contributed by atoms with E-state index >= 15 is 0 Å². The van der Waals surface area contributed by atoms with Gasteiger partial charge in [0.25, 0.3) is 0 Å². The average Bonchev–Trinajstić information content (AvgIpc) is 0.918. The van der Waals surface area contributed by atoms with Gasteiger partial charge in [0.2, 0.25) is 0 Å². The van der Waals surface area contributed by atoms with Gasteiger partial charge in [0, 0.05) is 21.1 Å². The molecule has 0 aliphatic heterocycles. The van der Waals surface area contributed by atoms with Crippen LogP contribution in [0.5, 0.6) is 0 Å². The first kappa shape index (κ1) is 8.97. The number of hydrogen-bond acceptors (Lipinski definition) is 1. The fourth-order valence-corrected chi connectivity index (χ4v) is 0. The molecule has 0 saturated carbocycles. The molecule has 4 heavy (non-hydrogen) atoms. The van der Waals surface area contributed by atoms with Crippen molar-refractivity contribution in [2.24, 2.45) is 0 Å². The molecule has 0 fully saturated rings. The smallest absolute Gasteiger partial charge is 0 e. The number of nitriles is 1. The fraction of sp³-hybridized carbons (Fsp3) is 0. The van der Waals surface area contributed by atoms with Gasteiger partial charge in [0.1, 0.15) is 0 Å². The molecule has 0 saturated heterocycles. The van der Waals surface area contributed by atoms with Gasteiger partial charge in [-0.1, -0.05) is 0 Å². The second-order valence-electron chi connectivity index (χ2n) is 0.158. The first-order valence-electron chi connectivity index (χ1n) is 0.577. The minimum absolute atomic E-state index is 0. The van der Waals surface area contributed by atoms with E-state index in [2.05, 4.69) is 6.92 Å². The molecule has 0 aliphatic rings. The Morgan fingerprint density at radius 3 is 1.75 bits per heavy atom. The van der Waals surface area contributed by atoms with E-state index in [9.17, 15) is 0 Å². The summed E-state index contributed by atoms with van der Waals surface area (Å²) in [5.74, 6) is 0. The molecular formula is C2H2NW-. The van der Waals surface area contributed by atoms with Crippen LogP contribution >= 0.6 is 0 Å². The maximum absolute atomic E-state index is 7.21. The zero-order valence-corrected chi connectivity index (χ0v) is 5.00. The van der Waals surface area contributed by atoms with E-state index in [4.69, 9.17) is 5.26 Å². The molecule has 0 N–H and O–H groups in total. The standard InChI is InChI=1S/C2H2N.W/c1-2-3;/h1H2;/q-1;. The van der Waals surface area contributed by atoms with Crippen molar-refractivity contribution < 1.29 is 21.1 Å². The Balaban J connectivity index is 0. The summed E-state index contributed by atoms with van der Waals surface area (Å²) >= 11 is 0. The third kappa shape index (κ3) is 964. The van der Waals surface area contributed by atoms with Crippen molar-refractivity contribution in [1.82, 2.24) is 0 Å². The zero-order chi connectivity index (χ0) is 2.71. The molecular weight excluding hydrogens is 222 g/mol. The van der Waals surface area contributed by atoms with Crippen molar-refractivity contribution in [2.75, 3.05) is 0 Å². The van der Waals surface area contributed by atoms with Gasteiger partial charge in [-0.3, -0.25) is 0 Å². The largest absolute Gasteiger partial charge is 0.305 e. The van der Waals surface area contributed by atoms with Gasteiger partial charge < -0.3 is 6.92 Å². The van der Waals surface area contributed by atoms with E-state index in [1.54, 1.807) is 0 Å². The first-order chi connectivity index (χ1) is 1.41. The Labute approximate surface area is 39.9 Å². The molecule has 0 aromatic rings. The summed E-state index contributed by atoms with van der Waals surface area (Å²) in [6, 6.07) is 1.50. The first-order valence-corrected chi connectivity index (χ1v) is 0.577. The zero-order valence-electron chi connectivity index (χ0n) is 2.06. The predicted octanol–water partition coefficient (Wildman–Crippen LogP) is 0.342. The minimum Gasteiger partial charge on any atom is -0.305 e. The third-order valence-electron chi connectivity index (χ3n) is 0. The number of hydrogen-bond donors (Lipinski definition) is 0. The number of nitrogens with zero attached hydrogens (tertiary/aromatic N) is 1. The van der Waals surface area contributed by atoms with Crippen LogP contribution in [0.4, 0.5) is 0 Å². The van der Waals surface area contributed by atoms with Crippen molar-refractivity contribution in [3.8, 4) is 6.07 Å².